The van der Waals surface area contributed by atoms with Crippen LogP contribution in [0.3, 0.4) is 0 Å². The van der Waals surface area contributed by atoms with Gasteiger partial charge < -0.3 is 10.1 Å². The van der Waals surface area contributed by atoms with Crippen molar-refractivity contribution in [1.82, 2.24) is 9.29 Å². The summed E-state index contributed by atoms with van der Waals surface area (Å²) < 4.78 is 30.9. The first-order chi connectivity index (χ1) is 13.8. The molecule has 2 aromatic rings. The molecule has 1 saturated heterocycles. The van der Waals surface area contributed by atoms with Gasteiger partial charge in [0.25, 0.3) is 0 Å². The molecule has 1 aliphatic heterocycles. The molecule has 0 aliphatic carbocycles. The number of anilines is 1. The Morgan fingerprint density at radius 3 is 2.72 bits per heavy atom. The quantitative estimate of drug-likeness (QED) is 0.649. The van der Waals surface area contributed by atoms with E-state index in [-0.39, 0.29) is 24.2 Å². The normalized spacial score (nSPS) is 16.0. The van der Waals surface area contributed by atoms with Gasteiger partial charge in [0.05, 0.1) is 16.5 Å². The summed E-state index contributed by atoms with van der Waals surface area (Å²) in [6.07, 6.45) is 1.00. The Balaban J connectivity index is 1.50. The molecular formula is C18H21Cl2N3O4S2. The number of nitrogens with one attached hydrogen (secondary N) is 1. The Hall–Kier alpha value is -1.39. The highest BCUT2D eigenvalue weighted by molar-refractivity contribution is 7.89. The second-order valence-corrected chi connectivity index (χ2v) is 10.5. The van der Waals surface area contributed by atoms with Crippen LogP contribution in [0.5, 0.6) is 5.75 Å². The Morgan fingerprint density at radius 2 is 2.07 bits per heavy atom. The summed E-state index contributed by atoms with van der Waals surface area (Å²) in [6, 6.07) is 4.97. The number of nitrogens with zero attached hydrogens (tertiary/aromatic N) is 2. The predicted octanol–water partition coefficient (Wildman–Crippen LogP) is 4.03. The van der Waals surface area contributed by atoms with Gasteiger partial charge in [-0.05, 0) is 38.0 Å². The average molecular weight is 478 g/mol. The fourth-order valence-corrected chi connectivity index (χ4v) is 5.25. The highest BCUT2D eigenvalue weighted by atomic mass is 35.5. The number of sulfonamides is 1. The highest BCUT2D eigenvalue weighted by Gasteiger charge is 2.30. The maximum atomic E-state index is 12.5. The predicted molar refractivity (Wildman–Crippen MR) is 115 cm³/mol. The molecule has 1 N–H and O–H groups in total. The number of benzene rings is 1. The highest BCUT2D eigenvalue weighted by Crippen LogP contribution is 2.29. The van der Waals surface area contributed by atoms with Gasteiger partial charge in [0.2, 0.25) is 15.9 Å². The van der Waals surface area contributed by atoms with Crippen LogP contribution in [0.2, 0.25) is 10.0 Å². The molecule has 1 amide bonds. The Kier molecular flexibility index (Phi) is 7.39. The van der Waals surface area contributed by atoms with Crippen LogP contribution < -0.4 is 10.1 Å². The standard InChI is InChI=1S/C18H21Cl2N3O4S2/c1-2-29(25,26)23-7-5-12(6-8-23)17(24)22-18-21-14(11-28-18)10-27-16-4-3-13(19)9-15(16)20/h3-4,9,11-12H,2,5-8,10H2,1H3,(H,21,22,24). The largest absolute Gasteiger partial charge is 0.486 e. The Labute approximate surface area is 184 Å². The van der Waals surface area contributed by atoms with Gasteiger partial charge in [-0.3, -0.25) is 4.79 Å². The van der Waals surface area contributed by atoms with Crippen LogP contribution in [0.15, 0.2) is 23.6 Å². The van der Waals surface area contributed by atoms with Crippen molar-refractivity contribution in [2.45, 2.75) is 26.4 Å². The zero-order chi connectivity index (χ0) is 21.0. The number of amides is 1. The zero-order valence-electron chi connectivity index (χ0n) is 15.7. The lowest BCUT2D eigenvalue weighted by Crippen LogP contribution is -2.42. The molecular weight excluding hydrogens is 457 g/mol. The van der Waals surface area contributed by atoms with Crippen molar-refractivity contribution in [1.29, 1.82) is 0 Å². The molecule has 7 nitrogen and oxygen atoms in total. The zero-order valence-corrected chi connectivity index (χ0v) is 18.9. The van der Waals surface area contributed by atoms with E-state index in [1.165, 1.54) is 15.6 Å². The number of hydrogen-bond donors (Lipinski definition) is 1. The summed E-state index contributed by atoms with van der Waals surface area (Å²) in [7, 11) is -3.20. The number of carbonyl (C=O) groups excluding carboxylic acids is 1. The lowest BCUT2D eigenvalue weighted by molar-refractivity contribution is -0.120. The number of ether oxygens (including phenoxy) is 1. The van der Waals surface area contributed by atoms with E-state index in [2.05, 4.69) is 10.3 Å². The minimum Gasteiger partial charge on any atom is -0.486 e. The monoisotopic (exact) mass is 477 g/mol. The van der Waals surface area contributed by atoms with E-state index >= 15 is 0 Å². The lowest BCUT2D eigenvalue weighted by Gasteiger charge is -2.30. The molecule has 3 rings (SSSR count). The Morgan fingerprint density at radius 1 is 1.34 bits per heavy atom. The van der Waals surface area contributed by atoms with Crippen LogP contribution >= 0.6 is 34.5 Å². The van der Waals surface area contributed by atoms with E-state index in [9.17, 15) is 13.2 Å². The van der Waals surface area contributed by atoms with Gasteiger partial charge in [-0.2, -0.15) is 0 Å². The molecule has 0 radical (unpaired) electrons. The topological polar surface area (TPSA) is 88.6 Å². The molecule has 0 saturated carbocycles. The molecule has 11 heteroatoms. The van der Waals surface area contributed by atoms with E-state index in [0.29, 0.717) is 52.6 Å². The lowest BCUT2D eigenvalue weighted by atomic mass is 9.97. The number of rotatable bonds is 7. The molecule has 1 aromatic heterocycles. The fourth-order valence-electron chi connectivity index (χ4n) is 2.96. The first-order valence-electron chi connectivity index (χ1n) is 9.09. The van der Waals surface area contributed by atoms with Gasteiger partial charge in [-0.1, -0.05) is 23.2 Å². The van der Waals surface area contributed by atoms with Gasteiger partial charge in [0, 0.05) is 29.4 Å². The van der Waals surface area contributed by atoms with E-state index in [1.54, 1.807) is 30.5 Å². The Bertz CT molecular complexity index is 973. The number of hydrogen-bond acceptors (Lipinski definition) is 6. The van der Waals surface area contributed by atoms with Crippen molar-refractivity contribution in [3.8, 4) is 5.75 Å². The number of carbonyl (C=O) groups is 1. The maximum absolute atomic E-state index is 12.5. The third kappa shape index (κ3) is 5.82. The van der Waals surface area contributed by atoms with Crippen molar-refractivity contribution >= 4 is 55.6 Å². The van der Waals surface area contributed by atoms with Gasteiger partial charge in [-0.25, -0.2) is 17.7 Å². The first-order valence-corrected chi connectivity index (χ1v) is 12.3. The van der Waals surface area contributed by atoms with Crippen molar-refractivity contribution in [2.75, 3.05) is 24.2 Å². The molecule has 0 spiro atoms. The molecule has 0 atom stereocenters. The fraction of sp³-hybridized carbons (Fsp3) is 0.444. The van der Waals surface area contributed by atoms with E-state index < -0.39 is 10.0 Å². The second kappa shape index (κ2) is 9.61. The summed E-state index contributed by atoms with van der Waals surface area (Å²) in [5, 5.41) is 6.05. The number of aromatic nitrogens is 1. The van der Waals surface area contributed by atoms with Gasteiger partial charge in [-0.15, -0.1) is 11.3 Å². The minimum absolute atomic E-state index is 0.0784. The molecule has 1 aliphatic rings. The molecule has 2 heterocycles. The number of thiazole rings is 1. The van der Waals surface area contributed by atoms with E-state index in [4.69, 9.17) is 27.9 Å². The molecule has 29 heavy (non-hydrogen) atoms. The first kappa shape index (κ1) is 22.3. The number of piperidine rings is 1. The van der Waals surface area contributed by atoms with Gasteiger partial charge >= 0.3 is 0 Å². The van der Waals surface area contributed by atoms with Gasteiger partial charge in [0.1, 0.15) is 12.4 Å². The summed E-state index contributed by atoms with van der Waals surface area (Å²) in [5.41, 5.74) is 0.667. The van der Waals surface area contributed by atoms with Gasteiger partial charge in [0.15, 0.2) is 5.13 Å². The summed E-state index contributed by atoms with van der Waals surface area (Å²) in [5.74, 6) is 0.217. The number of halogens is 2. The van der Waals surface area contributed by atoms with Crippen LogP contribution in [0.25, 0.3) is 0 Å². The molecule has 1 aromatic carbocycles. The maximum Gasteiger partial charge on any atom is 0.229 e. The summed E-state index contributed by atoms with van der Waals surface area (Å²) >= 11 is 13.3. The smallest absolute Gasteiger partial charge is 0.229 e. The summed E-state index contributed by atoms with van der Waals surface area (Å²) in [6.45, 7) is 2.57. The van der Waals surface area contributed by atoms with Crippen molar-refractivity contribution in [2.24, 2.45) is 5.92 Å². The molecule has 0 unspecified atom stereocenters. The van der Waals surface area contributed by atoms with Crippen LogP contribution in [-0.2, 0) is 21.4 Å². The van der Waals surface area contributed by atoms with Crippen LogP contribution in [-0.4, -0.2) is 42.5 Å². The third-order valence-corrected chi connectivity index (χ3v) is 7.85. The van der Waals surface area contributed by atoms with E-state index in [0.717, 1.165) is 0 Å². The van der Waals surface area contributed by atoms with Crippen molar-refractivity contribution < 1.29 is 17.9 Å². The summed E-state index contributed by atoms with van der Waals surface area (Å²) in [4.78, 5) is 16.8. The minimum atomic E-state index is -3.20. The molecule has 0 bridgehead atoms. The second-order valence-electron chi connectivity index (χ2n) is 6.57. The molecule has 1 fully saturated rings. The van der Waals surface area contributed by atoms with Crippen LogP contribution in [0.4, 0.5) is 5.13 Å². The third-order valence-electron chi connectivity index (χ3n) is 4.63. The SMILES string of the molecule is CCS(=O)(=O)N1CCC(C(=O)Nc2nc(COc3ccc(Cl)cc3Cl)cs2)CC1. The van der Waals surface area contributed by atoms with E-state index in [1.807, 2.05) is 0 Å². The van der Waals surface area contributed by atoms with Crippen LogP contribution in [0, 0.1) is 5.92 Å². The average Bonchev–Trinajstić information content (AvgIpc) is 3.14. The van der Waals surface area contributed by atoms with Crippen LogP contribution in [0.1, 0.15) is 25.5 Å². The molecule has 158 valence electrons. The van der Waals surface area contributed by atoms with Crippen molar-refractivity contribution in [3.05, 3.63) is 39.3 Å². The van der Waals surface area contributed by atoms with Crippen molar-refractivity contribution in [3.63, 3.8) is 0 Å².